The van der Waals surface area contributed by atoms with Gasteiger partial charge in [-0.1, -0.05) is 26.0 Å². The molecule has 27 heavy (non-hydrogen) atoms. The Morgan fingerprint density at radius 2 is 1.93 bits per heavy atom. The Morgan fingerprint density at radius 3 is 2.59 bits per heavy atom. The summed E-state index contributed by atoms with van der Waals surface area (Å²) in [4.78, 5) is 1.38. The quantitative estimate of drug-likeness (QED) is 0.717. The van der Waals surface area contributed by atoms with Gasteiger partial charge in [-0.3, -0.25) is 0 Å². The number of hydrogen-bond acceptors (Lipinski definition) is 4. The van der Waals surface area contributed by atoms with Gasteiger partial charge in [0.1, 0.15) is 0 Å². The van der Waals surface area contributed by atoms with Gasteiger partial charge in [-0.2, -0.15) is 0 Å². The van der Waals surface area contributed by atoms with Crippen LogP contribution in [0, 0.1) is 34.5 Å². The van der Waals surface area contributed by atoms with Crippen molar-refractivity contribution in [1.82, 2.24) is 0 Å². The zero-order chi connectivity index (χ0) is 19.2. The van der Waals surface area contributed by atoms with Crippen LogP contribution in [0.1, 0.15) is 57.2 Å². The van der Waals surface area contributed by atoms with Crippen molar-refractivity contribution in [2.24, 2.45) is 34.5 Å². The van der Waals surface area contributed by atoms with E-state index in [9.17, 15) is 15.3 Å². The van der Waals surface area contributed by atoms with Crippen LogP contribution < -0.4 is 0 Å². The molecule has 3 N–H and O–H groups in total. The number of allylic oxidation sites excluding steroid dienone is 2. The van der Waals surface area contributed by atoms with Gasteiger partial charge in [0.05, 0.1) is 6.10 Å². The van der Waals surface area contributed by atoms with Crippen LogP contribution in [-0.2, 0) is 0 Å². The summed E-state index contributed by atoms with van der Waals surface area (Å²) >= 11 is 1.82. The van der Waals surface area contributed by atoms with Gasteiger partial charge >= 0.3 is 0 Å². The summed E-state index contributed by atoms with van der Waals surface area (Å²) in [7, 11) is 0. The van der Waals surface area contributed by atoms with E-state index in [0.29, 0.717) is 18.3 Å². The molecular weight excluding hydrogens is 356 g/mol. The SMILES string of the molecule is CC12CCC([C@@]3(C)CC[C@H](O)C[C@@H]3CO)[C@@H](CO)[C@@H]1CC=C2c1cccs1. The molecule has 7 atom stereocenters. The van der Waals surface area contributed by atoms with Gasteiger partial charge in [0, 0.05) is 18.1 Å². The molecule has 4 rings (SSSR count). The first-order valence-electron chi connectivity index (χ1n) is 10.6. The second kappa shape index (κ2) is 7.29. The van der Waals surface area contributed by atoms with Crippen LogP contribution in [0.25, 0.3) is 5.57 Å². The summed E-state index contributed by atoms with van der Waals surface area (Å²) in [6.45, 7) is 5.10. The third-order valence-electron chi connectivity index (χ3n) is 8.59. The molecule has 2 unspecified atom stereocenters. The maximum Gasteiger partial charge on any atom is 0.0544 e. The van der Waals surface area contributed by atoms with Gasteiger partial charge in [0.25, 0.3) is 0 Å². The highest BCUT2D eigenvalue weighted by Gasteiger charge is 2.56. The van der Waals surface area contributed by atoms with Crippen LogP contribution in [0.2, 0.25) is 0 Å². The molecule has 0 saturated heterocycles. The molecule has 1 heterocycles. The first-order valence-corrected chi connectivity index (χ1v) is 11.5. The van der Waals surface area contributed by atoms with Crippen LogP contribution in [0.15, 0.2) is 23.6 Å². The number of thiophene rings is 1. The zero-order valence-electron chi connectivity index (χ0n) is 16.6. The van der Waals surface area contributed by atoms with E-state index in [1.165, 1.54) is 10.5 Å². The smallest absolute Gasteiger partial charge is 0.0544 e. The lowest BCUT2D eigenvalue weighted by Crippen LogP contribution is -2.52. The Hall–Kier alpha value is -0.680. The highest BCUT2D eigenvalue weighted by atomic mass is 32.1. The Bertz CT molecular complexity index is 684. The van der Waals surface area contributed by atoms with Crippen molar-refractivity contribution in [2.75, 3.05) is 13.2 Å². The summed E-state index contributed by atoms with van der Waals surface area (Å²) in [5.74, 6) is 1.30. The fourth-order valence-electron chi connectivity index (χ4n) is 6.91. The third-order valence-corrected chi connectivity index (χ3v) is 9.49. The van der Waals surface area contributed by atoms with Gasteiger partial charge in [-0.25, -0.2) is 0 Å². The van der Waals surface area contributed by atoms with Crippen molar-refractivity contribution in [2.45, 2.75) is 58.5 Å². The van der Waals surface area contributed by atoms with Crippen molar-refractivity contribution in [1.29, 1.82) is 0 Å². The number of aliphatic hydroxyl groups excluding tert-OH is 3. The molecule has 3 nitrogen and oxygen atoms in total. The lowest BCUT2D eigenvalue weighted by molar-refractivity contribution is -0.103. The monoisotopic (exact) mass is 390 g/mol. The molecule has 4 heteroatoms. The number of aliphatic hydroxyl groups is 3. The number of rotatable bonds is 4. The summed E-state index contributed by atoms with van der Waals surface area (Å²) in [6, 6.07) is 4.36. The molecule has 0 aliphatic heterocycles. The zero-order valence-corrected chi connectivity index (χ0v) is 17.4. The maximum absolute atomic E-state index is 10.5. The molecule has 2 saturated carbocycles. The minimum absolute atomic E-state index is 0.00833. The molecule has 0 spiro atoms. The van der Waals surface area contributed by atoms with Crippen molar-refractivity contribution in [3.63, 3.8) is 0 Å². The van der Waals surface area contributed by atoms with Crippen molar-refractivity contribution >= 4 is 16.9 Å². The van der Waals surface area contributed by atoms with Gasteiger partial charge in [-0.15, -0.1) is 11.3 Å². The molecule has 0 bridgehead atoms. The topological polar surface area (TPSA) is 60.7 Å². The Morgan fingerprint density at radius 1 is 1.11 bits per heavy atom. The van der Waals surface area contributed by atoms with E-state index < -0.39 is 0 Å². The molecule has 0 radical (unpaired) electrons. The second-order valence-electron chi connectivity index (χ2n) is 9.66. The minimum Gasteiger partial charge on any atom is -0.396 e. The largest absolute Gasteiger partial charge is 0.396 e. The lowest BCUT2D eigenvalue weighted by Gasteiger charge is -2.56. The van der Waals surface area contributed by atoms with Crippen molar-refractivity contribution in [3.8, 4) is 0 Å². The van der Waals surface area contributed by atoms with Crippen LogP contribution in [0.3, 0.4) is 0 Å². The fraction of sp³-hybridized carbons (Fsp3) is 0.739. The maximum atomic E-state index is 10.5. The number of hydrogen-bond donors (Lipinski definition) is 3. The highest BCUT2D eigenvalue weighted by Crippen LogP contribution is 2.64. The van der Waals surface area contributed by atoms with E-state index in [0.717, 1.165) is 32.1 Å². The normalized spacial score (nSPS) is 44.8. The first-order chi connectivity index (χ1) is 12.9. The summed E-state index contributed by atoms with van der Waals surface area (Å²) in [5.41, 5.74) is 1.64. The Labute approximate surface area is 167 Å². The molecule has 0 amide bonds. The van der Waals surface area contributed by atoms with Gasteiger partial charge in [0.2, 0.25) is 0 Å². The standard InChI is InChI=1S/C23H34O3S/c1-22(9-7-16(26)12-15(22)13-24)19-8-10-23(2)18(17(19)14-25)5-6-20(23)21-4-3-11-27-21/h3-4,6,11,15-19,24-26H,5,7-10,12-14H2,1-2H3/t15-,16+,17+,18+,19?,22+,23?/m1/s1. The van der Waals surface area contributed by atoms with Gasteiger partial charge in [-0.05, 0) is 90.0 Å². The molecule has 3 aliphatic rings. The molecular formula is C23H34O3S. The first kappa shape index (κ1) is 19.6. The summed E-state index contributed by atoms with van der Waals surface area (Å²) in [5, 5.41) is 32.8. The predicted octanol–water partition coefficient (Wildman–Crippen LogP) is 4.34. The summed E-state index contributed by atoms with van der Waals surface area (Å²) in [6.07, 6.45) is 7.92. The van der Waals surface area contributed by atoms with Crippen LogP contribution >= 0.6 is 11.3 Å². The Kier molecular flexibility index (Phi) is 5.30. The van der Waals surface area contributed by atoms with E-state index in [1.54, 1.807) is 0 Å². The minimum atomic E-state index is -0.282. The molecule has 150 valence electrons. The third kappa shape index (κ3) is 3.04. The van der Waals surface area contributed by atoms with Crippen molar-refractivity contribution in [3.05, 3.63) is 28.5 Å². The van der Waals surface area contributed by atoms with Crippen LogP contribution in [-0.4, -0.2) is 34.6 Å². The average molecular weight is 391 g/mol. The molecule has 2 fully saturated rings. The molecule has 1 aromatic heterocycles. The average Bonchev–Trinajstić information content (AvgIpc) is 3.29. The van der Waals surface area contributed by atoms with Crippen molar-refractivity contribution < 1.29 is 15.3 Å². The lowest BCUT2D eigenvalue weighted by atomic mass is 9.49. The van der Waals surface area contributed by atoms with Gasteiger partial charge in [0.15, 0.2) is 0 Å². The van der Waals surface area contributed by atoms with Crippen LogP contribution in [0.5, 0.6) is 0 Å². The fourth-order valence-corrected chi connectivity index (χ4v) is 7.81. The second-order valence-corrected chi connectivity index (χ2v) is 10.6. The van der Waals surface area contributed by atoms with Gasteiger partial charge < -0.3 is 15.3 Å². The Balaban J connectivity index is 1.62. The van der Waals surface area contributed by atoms with E-state index in [2.05, 4.69) is 37.4 Å². The van der Waals surface area contributed by atoms with E-state index in [4.69, 9.17) is 0 Å². The molecule has 0 aromatic carbocycles. The highest BCUT2D eigenvalue weighted by molar-refractivity contribution is 7.11. The van der Waals surface area contributed by atoms with Crippen LogP contribution in [0.4, 0.5) is 0 Å². The molecule has 3 aliphatic carbocycles. The number of fused-ring (bicyclic) bond motifs is 1. The van der Waals surface area contributed by atoms with E-state index in [1.807, 2.05) is 11.3 Å². The van der Waals surface area contributed by atoms with E-state index in [-0.39, 0.29) is 42.0 Å². The van der Waals surface area contributed by atoms with E-state index >= 15 is 0 Å². The molecule has 1 aromatic rings. The predicted molar refractivity (Wildman–Crippen MR) is 110 cm³/mol. The summed E-state index contributed by atoms with van der Waals surface area (Å²) < 4.78 is 0.